The summed E-state index contributed by atoms with van der Waals surface area (Å²) in [5.74, 6) is -1.01. The number of halogens is 3. The predicted octanol–water partition coefficient (Wildman–Crippen LogP) is 2.69. The van der Waals surface area contributed by atoms with Crippen molar-refractivity contribution in [2.45, 2.75) is 13.2 Å². The predicted molar refractivity (Wildman–Crippen MR) is 57.0 cm³/mol. The summed E-state index contributed by atoms with van der Waals surface area (Å²) in [6.45, 7) is 1.54. The van der Waals surface area contributed by atoms with Crippen molar-refractivity contribution >= 4 is 16.9 Å². The second-order valence-corrected chi connectivity index (χ2v) is 3.49. The van der Waals surface area contributed by atoms with Gasteiger partial charge in [0.15, 0.2) is 0 Å². The lowest BCUT2D eigenvalue weighted by Crippen LogP contribution is -2.22. The molecule has 0 atom stereocenters. The van der Waals surface area contributed by atoms with Gasteiger partial charge in [0.25, 0.3) is 0 Å². The van der Waals surface area contributed by atoms with Gasteiger partial charge in [0, 0.05) is 17.8 Å². The number of rotatable bonds is 2. The molecule has 2 rings (SSSR count). The van der Waals surface area contributed by atoms with Gasteiger partial charge in [-0.15, -0.1) is 13.2 Å². The van der Waals surface area contributed by atoms with E-state index < -0.39 is 18.0 Å². The van der Waals surface area contributed by atoms with E-state index in [0.29, 0.717) is 0 Å². The summed E-state index contributed by atoms with van der Waals surface area (Å²) in [7, 11) is 0. The van der Waals surface area contributed by atoms with E-state index in [0.717, 1.165) is 6.07 Å². The van der Waals surface area contributed by atoms with E-state index in [1.807, 2.05) is 0 Å². The normalized spacial score (nSPS) is 11.8. The van der Waals surface area contributed by atoms with Crippen molar-refractivity contribution in [2.24, 2.45) is 0 Å². The van der Waals surface area contributed by atoms with Gasteiger partial charge in [0.1, 0.15) is 5.69 Å². The van der Waals surface area contributed by atoms with Gasteiger partial charge in [-0.1, -0.05) is 0 Å². The standard InChI is InChI=1S/C11H9F3N2O2/c1-2-18-10(17)9-5-7-6-15-4-3-8(7)16(9)11(12,13)14/h3-6H,2H2,1H3. The summed E-state index contributed by atoms with van der Waals surface area (Å²) in [6.07, 6.45) is -2.19. The van der Waals surface area contributed by atoms with Crippen LogP contribution in [0.15, 0.2) is 24.5 Å². The Morgan fingerprint density at radius 3 is 2.83 bits per heavy atom. The topological polar surface area (TPSA) is 44.1 Å². The van der Waals surface area contributed by atoms with Crippen LogP contribution < -0.4 is 0 Å². The number of nitrogens with zero attached hydrogens (tertiary/aromatic N) is 2. The van der Waals surface area contributed by atoms with Gasteiger partial charge in [-0.2, -0.15) is 0 Å². The molecule has 0 aliphatic heterocycles. The molecule has 4 nitrogen and oxygen atoms in total. The Hall–Kier alpha value is -2.05. The molecule has 2 aromatic heterocycles. The Kier molecular flexibility index (Phi) is 2.98. The molecular weight excluding hydrogens is 249 g/mol. The van der Waals surface area contributed by atoms with Crippen molar-refractivity contribution in [3.63, 3.8) is 0 Å². The van der Waals surface area contributed by atoms with E-state index in [2.05, 4.69) is 9.72 Å². The number of ether oxygens (including phenoxy) is 1. The maximum Gasteiger partial charge on any atom is 0.489 e. The molecule has 0 bridgehead atoms. The molecule has 96 valence electrons. The summed E-state index contributed by atoms with van der Waals surface area (Å²) < 4.78 is 43.5. The van der Waals surface area contributed by atoms with Crippen LogP contribution in [0.5, 0.6) is 0 Å². The second kappa shape index (κ2) is 4.32. The number of hydrogen-bond acceptors (Lipinski definition) is 3. The van der Waals surface area contributed by atoms with Gasteiger partial charge in [0.2, 0.25) is 0 Å². The molecule has 0 amide bonds. The Labute approximate surface area is 100.0 Å². The lowest BCUT2D eigenvalue weighted by atomic mass is 10.3. The minimum atomic E-state index is -4.69. The van der Waals surface area contributed by atoms with Crippen LogP contribution in [0.3, 0.4) is 0 Å². The Morgan fingerprint density at radius 1 is 1.50 bits per heavy atom. The van der Waals surface area contributed by atoms with E-state index in [1.54, 1.807) is 0 Å². The number of hydrogen-bond donors (Lipinski definition) is 0. The smallest absolute Gasteiger partial charge is 0.461 e. The van der Waals surface area contributed by atoms with E-state index in [9.17, 15) is 18.0 Å². The van der Waals surface area contributed by atoms with E-state index in [4.69, 9.17) is 0 Å². The summed E-state index contributed by atoms with van der Waals surface area (Å²) in [5, 5.41) is 0.234. The van der Waals surface area contributed by atoms with Gasteiger partial charge < -0.3 is 4.74 Å². The number of aromatic nitrogens is 2. The number of carbonyl (C=O) groups excluding carboxylic acids is 1. The highest BCUT2D eigenvalue weighted by atomic mass is 19.4. The minimum Gasteiger partial charge on any atom is -0.461 e. The van der Waals surface area contributed by atoms with Crippen molar-refractivity contribution in [3.05, 3.63) is 30.2 Å². The lowest BCUT2D eigenvalue weighted by Gasteiger charge is -2.12. The highest BCUT2D eigenvalue weighted by Crippen LogP contribution is 2.31. The summed E-state index contributed by atoms with van der Waals surface area (Å²) in [5.41, 5.74) is -0.673. The van der Waals surface area contributed by atoms with E-state index in [-0.39, 0.29) is 22.1 Å². The number of esters is 1. The van der Waals surface area contributed by atoms with Crippen molar-refractivity contribution in [3.8, 4) is 0 Å². The summed E-state index contributed by atoms with van der Waals surface area (Å²) in [4.78, 5) is 15.2. The minimum absolute atomic E-state index is 0.00199. The SMILES string of the molecule is CCOC(=O)c1cc2cnccc2n1C(F)(F)F. The molecule has 7 heteroatoms. The van der Waals surface area contributed by atoms with Crippen LogP contribution in [0.2, 0.25) is 0 Å². The molecular formula is C11H9F3N2O2. The number of fused-ring (bicyclic) bond motifs is 1. The second-order valence-electron chi connectivity index (χ2n) is 3.49. The molecule has 0 aliphatic rings. The van der Waals surface area contributed by atoms with Crippen molar-refractivity contribution in [1.82, 2.24) is 9.55 Å². The van der Waals surface area contributed by atoms with Crippen LogP contribution in [0.1, 0.15) is 17.4 Å². The maximum absolute atomic E-state index is 12.9. The fourth-order valence-corrected chi connectivity index (χ4v) is 1.68. The van der Waals surface area contributed by atoms with Gasteiger partial charge in [-0.3, -0.25) is 4.98 Å². The molecule has 0 fully saturated rings. The summed E-state index contributed by atoms with van der Waals surface area (Å²) in [6, 6.07) is 2.32. The molecule has 2 heterocycles. The Bertz CT molecular complexity index is 589. The first-order valence-electron chi connectivity index (χ1n) is 5.15. The largest absolute Gasteiger partial charge is 0.489 e. The molecule has 18 heavy (non-hydrogen) atoms. The van der Waals surface area contributed by atoms with Crippen LogP contribution in [-0.4, -0.2) is 22.1 Å². The zero-order valence-electron chi connectivity index (χ0n) is 9.36. The van der Waals surface area contributed by atoms with Crippen LogP contribution >= 0.6 is 0 Å². The van der Waals surface area contributed by atoms with Crippen LogP contribution in [-0.2, 0) is 11.0 Å². The van der Waals surface area contributed by atoms with E-state index >= 15 is 0 Å². The molecule has 0 aromatic carbocycles. The van der Waals surface area contributed by atoms with Gasteiger partial charge >= 0.3 is 12.3 Å². The molecule has 0 N–H and O–H groups in total. The van der Waals surface area contributed by atoms with Crippen molar-refractivity contribution in [1.29, 1.82) is 0 Å². The highest BCUT2D eigenvalue weighted by Gasteiger charge is 2.36. The van der Waals surface area contributed by atoms with Gasteiger partial charge in [0.05, 0.1) is 12.1 Å². The van der Waals surface area contributed by atoms with Crippen LogP contribution in [0, 0.1) is 0 Å². The fourth-order valence-electron chi connectivity index (χ4n) is 1.68. The number of carbonyl (C=O) groups is 1. The number of alkyl halides is 3. The average molecular weight is 258 g/mol. The molecule has 0 saturated heterocycles. The monoisotopic (exact) mass is 258 g/mol. The van der Waals surface area contributed by atoms with Crippen molar-refractivity contribution in [2.75, 3.05) is 6.61 Å². The third-order valence-corrected chi connectivity index (χ3v) is 2.34. The summed E-state index contributed by atoms with van der Waals surface area (Å²) >= 11 is 0. The van der Waals surface area contributed by atoms with Crippen LogP contribution in [0.4, 0.5) is 13.2 Å². The maximum atomic E-state index is 12.9. The average Bonchev–Trinajstić information content (AvgIpc) is 2.68. The highest BCUT2D eigenvalue weighted by molar-refractivity contribution is 5.95. The van der Waals surface area contributed by atoms with Crippen molar-refractivity contribution < 1.29 is 22.7 Å². The molecule has 0 saturated carbocycles. The first-order chi connectivity index (χ1) is 8.45. The molecule has 0 unspecified atom stereocenters. The molecule has 0 spiro atoms. The fraction of sp³-hybridized carbons (Fsp3) is 0.273. The quantitative estimate of drug-likeness (QED) is 0.778. The van der Waals surface area contributed by atoms with Gasteiger partial charge in [-0.05, 0) is 19.1 Å². The zero-order chi connectivity index (χ0) is 13.3. The number of pyridine rings is 1. The zero-order valence-corrected chi connectivity index (χ0v) is 9.36. The molecule has 2 aromatic rings. The molecule has 0 radical (unpaired) electrons. The van der Waals surface area contributed by atoms with Gasteiger partial charge in [-0.25, -0.2) is 9.36 Å². The van der Waals surface area contributed by atoms with E-state index in [1.165, 1.54) is 25.4 Å². The first kappa shape index (κ1) is 12.4. The Morgan fingerprint density at radius 2 is 2.22 bits per heavy atom. The first-order valence-corrected chi connectivity index (χ1v) is 5.15. The third-order valence-electron chi connectivity index (χ3n) is 2.34. The third kappa shape index (κ3) is 2.03. The molecule has 0 aliphatic carbocycles. The Balaban J connectivity index is 2.68. The van der Waals surface area contributed by atoms with Crippen LogP contribution in [0.25, 0.3) is 10.9 Å². The lowest BCUT2D eigenvalue weighted by molar-refractivity contribution is -0.201.